The Labute approximate surface area is 196 Å². The number of hydrogen-bond acceptors (Lipinski definition) is 9. The van der Waals surface area contributed by atoms with Crippen LogP contribution in [0.15, 0.2) is 18.2 Å². The molecule has 2 aromatic carbocycles. The van der Waals surface area contributed by atoms with Gasteiger partial charge in [-0.3, -0.25) is 4.90 Å². The summed E-state index contributed by atoms with van der Waals surface area (Å²) in [7, 11) is 2.04. The molecule has 2 N–H and O–H groups in total. The van der Waals surface area contributed by atoms with E-state index in [9.17, 15) is 9.90 Å². The number of benzene rings is 2. The number of ether oxygens (including phenoxy) is 5. The van der Waals surface area contributed by atoms with Gasteiger partial charge in [0.15, 0.2) is 23.0 Å². The summed E-state index contributed by atoms with van der Waals surface area (Å²) in [4.78, 5) is 15.1. The molecule has 0 saturated carbocycles. The smallest absolute Gasteiger partial charge is 0.328 e. The fourth-order valence-corrected chi connectivity index (χ4v) is 6.21. The van der Waals surface area contributed by atoms with Gasteiger partial charge in [-0.1, -0.05) is 6.07 Å². The van der Waals surface area contributed by atoms with Crippen LogP contribution in [0.25, 0.3) is 0 Å². The summed E-state index contributed by atoms with van der Waals surface area (Å²) in [5.74, 6) is 2.41. The van der Waals surface area contributed by atoms with E-state index in [1.165, 1.54) is 0 Å². The Morgan fingerprint density at radius 1 is 1.09 bits per heavy atom. The molecule has 1 saturated heterocycles. The number of aliphatic hydroxyl groups is 1. The normalized spacial score (nSPS) is 28.3. The van der Waals surface area contributed by atoms with Crippen LogP contribution in [-0.2, 0) is 17.8 Å². The molecule has 4 atom stereocenters. The minimum Gasteiger partial charge on any atom is -0.454 e. The number of hydrogen-bond donors (Lipinski definition) is 2. The molecule has 0 amide bonds. The molecule has 0 aromatic heterocycles. The maximum Gasteiger partial charge on any atom is 0.328 e. The van der Waals surface area contributed by atoms with Crippen molar-refractivity contribution in [2.45, 2.75) is 49.9 Å². The van der Waals surface area contributed by atoms with Gasteiger partial charge in [-0.2, -0.15) is 0 Å². The molecule has 7 rings (SSSR count). The van der Waals surface area contributed by atoms with Gasteiger partial charge in [-0.25, -0.2) is 4.79 Å². The lowest BCUT2D eigenvalue weighted by Gasteiger charge is -2.46. The van der Waals surface area contributed by atoms with Crippen LogP contribution in [0.3, 0.4) is 0 Å². The Morgan fingerprint density at radius 3 is 2.74 bits per heavy atom. The van der Waals surface area contributed by atoms with E-state index in [-0.39, 0.29) is 37.6 Å². The number of fused-ring (bicyclic) bond motifs is 8. The van der Waals surface area contributed by atoms with E-state index in [4.69, 9.17) is 23.7 Å². The highest BCUT2D eigenvalue weighted by Gasteiger charge is 2.47. The first-order chi connectivity index (χ1) is 16.6. The first kappa shape index (κ1) is 20.4. The Hall–Kier alpha value is -3.01. The zero-order valence-electron chi connectivity index (χ0n) is 18.8. The highest BCUT2D eigenvalue weighted by molar-refractivity contribution is 5.81. The minimum absolute atomic E-state index is 0.0727. The number of carbonyl (C=O) groups excluding carboxylic acids is 1. The van der Waals surface area contributed by atoms with E-state index < -0.39 is 6.10 Å². The zero-order chi connectivity index (χ0) is 23.0. The third-order valence-electron chi connectivity index (χ3n) is 7.71. The van der Waals surface area contributed by atoms with Gasteiger partial charge in [0.2, 0.25) is 19.3 Å². The number of aliphatic hydroxyl groups excluding tert-OH is 1. The number of likely N-dealkylation sites (N-methyl/N-ethyl adjacent to an activating group) is 1. The number of nitrogens with zero attached hydrogens (tertiary/aromatic N) is 1. The van der Waals surface area contributed by atoms with Gasteiger partial charge in [-0.15, -0.1) is 0 Å². The van der Waals surface area contributed by atoms with E-state index in [1.807, 2.05) is 25.2 Å². The number of carbonyl (C=O) groups is 1. The Balaban J connectivity index is 1.34. The van der Waals surface area contributed by atoms with Gasteiger partial charge in [0.05, 0.1) is 6.10 Å². The van der Waals surface area contributed by atoms with Crippen LogP contribution in [-0.4, -0.2) is 55.3 Å². The van der Waals surface area contributed by atoms with Crippen LogP contribution < -0.4 is 29.0 Å². The second-order valence-electron chi connectivity index (χ2n) is 9.60. The van der Waals surface area contributed by atoms with Gasteiger partial charge < -0.3 is 34.1 Å². The zero-order valence-corrected chi connectivity index (χ0v) is 18.8. The Bertz CT molecular complexity index is 1190. The molecule has 9 nitrogen and oxygen atoms in total. The minimum atomic E-state index is -0.679. The van der Waals surface area contributed by atoms with Crippen molar-refractivity contribution < 1.29 is 33.6 Å². The number of nitrogens with one attached hydrogen (secondary N) is 1. The van der Waals surface area contributed by atoms with Crippen LogP contribution in [0.5, 0.6) is 28.7 Å². The largest absolute Gasteiger partial charge is 0.454 e. The van der Waals surface area contributed by atoms with E-state index in [2.05, 4.69) is 10.2 Å². The van der Waals surface area contributed by atoms with Crippen LogP contribution >= 0.6 is 0 Å². The summed E-state index contributed by atoms with van der Waals surface area (Å²) in [6.45, 7) is 1.73. The molecule has 5 aliphatic rings. The molecule has 1 fully saturated rings. The van der Waals surface area contributed by atoms with Gasteiger partial charge in [0.1, 0.15) is 6.04 Å². The van der Waals surface area contributed by atoms with E-state index in [0.717, 1.165) is 53.1 Å². The van der Waals surface area contributed by atoms with Crippen LogP contribution in [0.4, 0.5) is 0 Å². The molecule has 0 bridgehead atoms. The molecule has 178 valence electrons. The summed E-state index contributed by atoms with van der Waals surface area (Å²) in [6, 6.07) is 5.50. The molecular formula is C25H26N2O7. The molecule has 9 heteroatoms. The standard InChI is InChI=1S/C25H26N2O7/c1-27-9-15-12(4-5-18-22(15)32-10-30-18)20-17(28)7-14-13(21(20)27)8-19-24(33-11-31-19)23(14)34-25(29)16-3-2-6-26-16/h4-5,8,16-17,20-21,26,28H,2-3,6-7,9-11H2,1H3/t16?,17-,20-,21+/m0/s1. The van der Waals surface area contributed by atoms with Crippen molar-refractivity contribution in [1.29, 1.82) is 0 Å². The van der Waals surface area contributed by atoms with E-state index >= 15 is 0 Å². The molecule has 0 spiro atoms. The Morgan fingerprint density at radius 2 is 1.91 bits per heavy atom. The van der Waals surface area contributed by atoms with Crippen LogP contribution in [0.2, 0.25) is 0 Å². The maximum absolute atomic E-state index is 12.9. The molecule has 4 aliphatic heterocycles. The molecule has 1 unspecified atom stereocenters. The molecular weight excluding hydrogens is 440 g/mol. The highest BCUT2D eigenvalue weighted by Crippen LogP contribution is 2.57. The Kier molecular flexibility index (Phi) is 4.49. The fraction of sp³-hybridized carbons (Fsp3) is 0.480. The lowest BCUT2D eigenvalue weighted by Crippen LogP contribution is -2.44. The van der Waals surface area contributed by atoms with Crippen LogP contribution in [0.1, 0.15) is 47.1 Å². The van der Waals surface area contributed by atoms with Crippen molar-refractivity contribution in [2.75, 3.05) is 27.2 Å². The lowest BCUT2D eigenvalue weighted by molar-refractivity contribution is -0.136. The average Bonchev–Trinajstić information content (AvgIpc) is 3.60. The summed E-state index contributed by atoms with van der Waals surface area (Å²) < 4.78 is 28.8. The van der Waals surface area contributed by atoms with E-state index in [0.29, 0.717) is 30.2 Å². The van der Waals surface area contributed by atoms with Crippen LogP contribution in [0, 0.1) is 0 Å². The monoisotopic (exact) mass is 466 g/mol. The summed E-state index contributed by atoms with van der Waals surface area (Å²) >= 11 is 0. The topological polar surface area (TPSA) is 98.7 Å². The fourth-order valence-electron chi connectivity index (χ4n) is 6.21. The van der Waals surface area contributed by atoms with Crippen molar-refractivity contribution in [2.24, 2.45) is 0 Å². The summed E-state index contributed by atoms with van der Waals surface area (Å²) in [5.41, 5.74) is 3.92. The second-order valence-corrected chi connectivity index (χ2v) is 9.60. The van der Waals surface area contributed by atoms with Crippen molar-refractivity contribution in [3.05, 3.63) is 40.5 Å². The second kappa shape index (κ2) is 7.49. The first-order valence-electron chi connectivity index (χ1n) is 11.8. The van der Waals surface area contributed by atoms with Gasteiger partial charge in [-0.05, 0) is 49.7 Å². The predicted molar refractivity (Wildman–Crippen MR) is 118 cm³/mol. The predicted octanol–water partition coefficient (Wildman–Crippen LogP) is 1.99. The van der Waals surface area contributed by atoms with E-state index in [1.54, 1.807) is 0 Å². The maximum atomic E-state index is 12.9. The lowest BCUT2D eigenvalue weighted by atomic mass is 9.70. The molecule has 4 heterocycles. The highest BCUT2D eigenvalue weighted by atomic mass is 16.7. The quantitative estimate of drug-likeness (QED) is 0.509. The number of esters is 1. The molecule has 2 aromatic rings. The van der Waals surface area contributed by atoms with Crippen molar-refractivity contribution in [1.82, 2.24) is 10.2 Å². The van der Waals surface area contributed by atoms with Gasteiger partial charge in [0, 0.05) is 36.1 Å². The van der Waals surface area contributed by atoms with Crippen molar-refractivity contribution in [3.63, 3.8) is 0 Å². The third kappa shape index (κ3) is 2.87. The number of rotatable bonds is 2. The first-order valence-corrected chi connectivity index (χ1v) is 11.8. The van der Waals surface area contributed by atoms with Crippen molar-refractivity contribution >= 4 is 5.97 Å². The molecule has 34 heavy (non-hydrogen) atoms. The average molecular weight is 466 g/mol. The summed E-state index contributed by atoms with van der Waals surface area (Å²) in [5, 5.41) is 14.6. The summed E-state index contributed by atoms with van der Waals surface area (Å²) in [6.07, 6.45) is 1.35. The SMILES string of the molecule is CN1Cc2c(ccc3c2OCO3)[C@@H]2[C@H]1c1cc3c(c(OC(=O)C4CCCN4)c1C[C@@H]2O)OCO3. The van der Waals surface area contributed by atoms with Crippen molar-refractivity contribution in [3.8, 4) is 28.7 Å². The van der Waals surface area contributed by atoms with Gasteiger partial charge in [0.25, 0.3) is 0 Å². The molecule has 1 aliphatic carbocycles. The van der Waals surface area contributed by atoms with Gasteiger partial charge >= 0.3 is 5.97 Å². The third-order valence-corrected chi connectivity index (χ3v) is 7.71. The molecule has 0 radical (unpaired) electrons.